The molecule has 0 saturated carbocycles. The highest BCUT2D eigenvalue weighted by Gasteiger charge is 2.09. The molecule has 0 radical (unpaired) electrons. The van der Waals surface area contributed by atoms with E-state index in [0.717, 1.165) is 21.8 Å². The van der Waals surface area contributed by atoms with Gasteiger partial charge in [-0.15, -0.1) is 0 Å². The van der Waals surface area contributed by atoms with Crippen LogP contribution in [0.3, 0.4) is 0 Å². The highest BCUT2D eigenvalue weighted by atomic mass is 16.5. The van der Waals surface area contributed by atoms with E-state index in [4.69, 9.17) is 9.15 Å². The van der Waals surface area contributed by atoms with Crippen LogP contribution in [0.2, 0.25) is 0 Å². The molecule has 24 heavy (non-hydrogen) atoms. The van der Waals surface area contributed by atoms with Crippen molar-refractivity contribution in [2.45, 2.75) is 0 Å². The molecule has 4 heteroatoms. The number of furan rings is 1. The van der Waals surface area contributed by atoms with Gasteiger partial charge < -0.3 is 14.5 Å². The van der Waals surface area contributed by atoms with Crippen LogP contribution in [0.25, 0.3) is 21.7 Å². The second-order valence-corrected chi connectivity index (χ2v) is 5.45. The predicted octanol–water partition coefficient (Wildman–Crippen LogP) is 4.81. The zero-order valence-corrected chi connectivity index (χ0v) is 12.9. The van der Waals surface area contributed by atoms with Gasteiger partial charge in [0.2, 0.25) is 0 Å². The molecule has 4 nitrogen and oxygen atoms in total. The molecule has 4 rings (SSSR count). The molecule has 118 valence electrons. The van der Waals surface area contributed by atoms with E-state index in [1.807, 2.05) is 54.6 Å². The second kappa shape index (κ2) is 6.08. The Morgan fingerprint density at radius 3 is 2.79 bits per heavy atom. The molecule has 1 N–H and O–H groups in total. The molecule has 0 fully saturated rings. The minimum Gasteiger partial charge on any atom is -0.464 e. The molecule has 1 aromatic heterocycles. The zero-order chi connectivity index (χ0) is 16.4. The zero-order valence-electron chi connectivity index (χ0n) is 12.9. The second-order valence-electron chi connectivity index (χ2n) is 5.45. The molecule has 3 aromatic carbocycles. The Hall–Kier alpha value is -3.27. The predicted molar refractivity (Wildman–Crippen MR) is 94.1 cm³/mol. The highest BCUT2D eigenvalue weighted by Crippen LogP contribution is 2.23. The summed E-state index contributed by atoms with van der Waals surface area (Å²) in [5.74, 6) is -0.388. The van der Waals surface area contributed by atoms with Crippen LogP contribution in [0.15, 0.2) is 77.4 Å². The van der Waals surface area contributed by atoms with Crippen LogP contribution in [0.1, 0.15) is 10.4 Å². The molecular formula is C20H15NO3. The van der Waals surface area contributed by atoms with Crippen molar-refractivity contribution in [3.63, 3.8) is 0 Å². The molecule has 1 heterocycles. The molecule has 0 aliphatic heterocycles. The number of nitrogens with one attached hydrogen (secondary N) is 1. The van der Waals surface area contributed by atoms with Crippen LogP contribution in [-0.4, -0.2) is 12.7 Å². The van der Waals surface area contributed by atoms with Gasteiger partial charge in [-0.3, -0.25) is 0 Å². The van der Waals surface area contributed by atoms with Gasteiger partial charge in [0.25, 0.3) is 0 Å². The summed E-state index contributed by atoms with van der Waals surface area (Å²) in [5, 5.41) is 6.34. The number of anilines is 1. The van der Waals surface area contributed by atoms with Crippen molar-refractivity contribution in [3.8, 4) is 0 Å². The summed E-state index contributed by atoms with van der Waals surface area (Å²) in [5.41, 5.74) is 2.08. The molecule has 4 aromatic rings. The number of hydrogen-bond acceptors (Lipinski definition) is 4. The first-order valence-corrected chi connectivity index (χ1v) is 7.67. The van der Waals surface area contributed by atoms with Crippen molar-refractivity contribution < 1.29 is 13.9 Å². The molecule has 0 amide bonds. The Labute approximate surface area is 138 Å². The van der Waals surface area contributed by atoms with Crippen LogP contribution in [-0.2, 0) is 4.74 Å². The van der Waals surface area contributed by atoms with Crippen molar-refractivity contribution >= 4 is 33.4 Å². The average molecular weight is 317 g/mol. The lowest BCUT2D eigenvalue weighted by Crippen LogP contribution is -2.12. The van der Waals surface area contributed by atoms with Crippen molar-refractivity contribution in [1.82, 2.24) is 0 Å². The summed E-state index contributed by atoms with van der Waals surface area (Å²) in [6.45, 7) is 0.100. The smallest absolute Gasteiger partial charge is 0.339 e. The number of ether oxygens (including phenoxy) is 1. The largest absolute Gasteiger partial charge is 0.464 e. The SMILES string of the molecule is O=C(OCNc1cccc2ccccc12)c1ccc2ccoc2c1. The van der Waals surface area contributed by atoms with Gasteiger partial charge >= 0.3 is 5.97 Å². The first-order chi connectivity index (χ1) is 11.8. The quantitative estimate of drug-likeness (QED) is 0.433. The fourth-order valence-corrected chi connectivity index (χ4v) is 2.72. The van der Waals surface area contributed by atoms with Crippen molar-refractivity contribution in [2.24, 2.45) is 0 Å². The number of esters is 1. The Bertz CT molecular complexity index is 1010. The first-order valence-electron chi connectivity index (χ1n) is 7.67. The summed E-state index contributed by atoms with van der Waals surface area (Å²) in [4.78, 5) is 12.2. The average Bonchev–Trinajstić information content (AvgIpc) is 3.09. The topological polar surface area (TPSA) is 51.5 Å². The monoisotopic (exact) mass is 317 g/mol. The third kappa shape index (κ3) is 2.70. The maximum Gasteiger partial charge on any atom is 0.339 e. The Morgan fingerprint density at radius 1 is 0.958 bits per heavy atom. The van der Waals surface area contributed by atoms with Gasteiger partial charge in [-0.25, -0.2) is 4.79 Å². The normalized spacial score (nSPS) is 10.8. The maximum absolute atomic E-state index is 12.2. The molecule has 0 unspecified atom stereocenters. The summed E-state index contributed by atoms with van der Waals surface area (Å²) >= 11 is 0. The van der Waals surface area contributed by atoms with E-state index in [1.54, 1.807) is 18.4 Å². The minimum absolute atomic E-state index is 0.100. The lowest BCUT2D eigenvalue weighted by atomic mass is 10.1. The van der Waals surface area contributed by atoms with E-state index >= 15 is 0 Å². The van der Waals surface area contributed by atoms with Crippen LogP contribution >= 0.6 is 0 Å². The number of hydrogen-bond donors (Lipinski definition) is 1. The van der Waals surface area contributed by atoms with Crippen molar-refractivity contribution in [3.05, 3.63) is 78.6 Å². The lowest BCUT2D eigenvalue weighted by Gasteiger charge is -2.10. The molecule has 0 saturated heterocycles. The van der Waals surface area contributed by atoms with Gasteiger partial charge in [0.05, 0.1) is 11.8 Å². The van der Waals surface area contributed by atoms with Gasteiger partial charge in [0.1, 0.15) is 5.58 Å². The summed E-state index contributed by atoms with van der Waals surface area (Å²) in [6, 6.07) is 21.2. The minimum atomic E-state index is -0.388. The molecule has 0 aliphatic carbocycles. The van der Waals surface area contributed by atoms with E-state index in [1.165, 1.54) is 0 Å². The fraction of sp³-hybridized carbons (Fsp3) is 0.0500. The summed E-state index contributed by atoms with van der Waals surface area (Å²) < 4.78 is 10.6. The van der Waals surface area contributed by atoms with Gasteiger partial charge in [-0.2, -0.15) is 0 Å². The number of carbonyl (C=O) groups is 1. The number of carbonyl (C=O) groups excluding carboxylic acids is 1. The molecule has 0 atom stereocenters. The van der Waals surface area contributed by atoms with E-state index in [0.29, 0.717) is 11.1 Å². The van der Waals surface area contributed by atoms with E-state index in [2.05, 4.69) is 5.32 Å². The fourth-order valence-electron chi connectivity index (χ4n) is 2.72. The number of rotatable bonds is 4. The van der Waals surface area contributed by atoms with Gasteiger partial charge in [-0.1, -0.05) is 42.5 Å². The third-order valence-corrected chi connectivity index (χ3v) is 3.95. The standard InChI is InChI=1S/C20H15NO3/c22-20(16-9-8-15-10-11-23-19(15)12-16)24-13-21-18-7-3-5-14-4-1-2-6-17(14)18/h1-12,21H,13H2. The van der Waals surface area contributed by atoms with Crippen LogP contribution in [0.5, 0.6) is 0 Å². The highest BCUT2D eigenvalue weighted by molar-refractivity contribution is 5.95. The van der Waals surface area contributed by atoms with E-state index in [9.17, 15) is 4.79 Å². The van der Waals surface area contributed by atoms with Crippen LogP contribution in [0, 0.1) is 0 Å². The van der Waals surface area contributed by atoms with Gasteiger partial charge in [0, 0.05) is 16.5 Å². The Balaban J connectivity index is 1.45. The first kappa shape index (κ1) is 14.3. The van der Waals surface area contributed by atoms with E-state index in [-0.39, 0.29) is 12.7 Å². The van der Waals surface area contributed by atoms with Crippen LogP contribution < -0.4 is 5.32 Å². The van der Waals surface area contributed by atoms with Crippen molar-refractivity contribution in [1.29, 1.82) is 0 Å². The summed E-state index contributed by atoms with van der Waals surface area (Å²) in [6.07, 6.45) is 1.60. The Morgan fingerprint density at radius 2 is 1.83 bits per heavy atom. The molecule has 0 aliphatic rings. The number of fused-ring (bicyclic) bond motifs is 2. The molecule has 0 bridgehead atoms. The molecular weight excluding hydrogens is 302 g/mol. The van der Waals surface area contributed by atoms with Gasteiger partial charge in [-0.05, 0) is 29.7 Å². The molecule has 0 spiro atoms. The van der Waals surface area contributed by atoms with Crippen molar-refractivity contribution in [2.75, 3.05) is 12.0 Å². The van der Waals surface area contributed by atoms with Crippen LogP contribution in [0.4, 0.5) is 5.69 Å². The third-order valence-electron chi connectivity index (χ3n) is 3.95. The summed E-state index contributed by atoms with van der Waals surface area (Å²) in [7, 11) is 0. The Kier molecular flexibility index (Phi) is 3.63. The van der Waals surface area contributed by atoms with E-state index < -0.39 is 0 Å². The lowest BCUT2D eigenvalue weighted by molar-refractivity contribution is 0.0534. The maximum atomic E-state index is 12.2. The number of benzene rings is 3. The van der Waals surface area contributed by atoms with Gasteiger partial charge in [0.15, 0.2) is 6.73 Å².